The largest absolute Gasteiger partial charge is 0.522 e. The van der Waals surface area contributed by atoms with Crippen LogP contribution in [0.5, 0.6) is 0 Å². The molecule has 0 saturated heterocycles. The normalized spacial score (nSPS) is 14.6. The first-order chi connectivity index (χ1) is 8.52. The summed E-state index contributed by atoms with van der Waals surface area (Å²) in [5, 5.41) is 0.830. The molecule has 0 radical (unpaired) electrons. The minimum Gasteiger partial charge on any atom is -0.314 e. The number of hydrogen-bond donors (Lipinski definition) is 2. The zero-order valence-corrected chi connectivity index (χ0v) is 10.6. The Morgan fingerprint density at radius 2 is 1.89 bits per heavy atom. The maximum absolute atomic E-state index is 12.6. The van der Waals surface area contributed by atoms with Crippen molar-refractivity contribution in [3.05, 3.63) is 27.8 Å². The Hall–Kier alpha value is -1.07. The van der Waals surface area contributed by atoms with Crippen LogP contribution in [0.15, 0.2) is 15.9 Å². The molecule has 1 aliphatic heterocycles. The van der Waals surface area contributed by atoms with Gasteiger partial charge in [-0.3, -0.25) is 9.35 Å². The van der Waals surface area contributed by atoms with Crippen LogP contribution in [0.25, 0.3) is 0 Å². The van der Waals surface area contributed by atoms with E-state index in [0.29, 0.717) is 0 Å². The quantitative estimate of drug-likeness (QED) is 0.430. The van der Waals surface area contributed by atoms with Gasteiger partial charge in [0, 0.05) is 5.75 Å². The number of aromatic nitrogens is 1. The third kappa shape index (κ3) is 4.21. The topological polar surface area (TPSA) is 87.2 Å². The van der Waals surface area contributed by atoms with E-state index in [4.69, 9.17) is 13.0 Å². The Balaban J connectivity index is 0.000000203. The fraction of sp³-hybridized carbons (Fsp3) is 0.375. The van der Waals surface area contributed by atoms with Crippen LogP contribution in [0, 0.1) is 5.82 Å². The number of nitrogens with one attached hydrogen (secondary N) is 1. The molecule has 19 heavy (non-hydrogen) atoms. The molecule has 0 bridgehead atoms. The number of hydrogen-bond acceptors (Lipinski definition) is 4. The average molecular weight is 321 g/mol. The van der Waals surface area contributed by atoms with E-state index >= 15 is 0 Å². The average Bonchev–Trinajstić information content (AvgIpc) is 2.63. The highest BCUT2D eigenvalue weighted by molar-refractivity contribution is 7.99. The van der Waals surface area contributed by atoms with Crippen molar-refractivity contribution >= 4 is 21.9 Å². The molecule has 0 fully saturated rings. The molecule has 1 aromatic rings. The van der Waals surface area contributed by atoms with Crippen molar-refractivity contribution in [3.63, 3.8) is 0 Å². The van der Waals surface area contributed by atoms with Gasteiger partial charge in [0.05, 0.1) is 5.03 Å². The van der Waals surface area contributed by atoms with Crippen molar-refractivity contribution in [2.24, 2.45) is 0 Å². The number of halogens is 4. The van der Waals surface area contributed by atoms with E-state index in [1.807, 2.05) is 0 Å². The van der Waals surface area contributed by atoms with Crippen LogP contribution in [0.2, 0.25) is 0 Å². The fourth-order valence-corrected chi connectivity index (χ4v) is 2.14. The molecule has 2 rings (SSSR count). The number of aromatic amines is 1. The van der Waals surface area contributed by atoms with Crippen LogP contribution in [0.1, 0.15) is 5.56 Å². The standard InChI is InChI=1S/C7H6FNOS.CHF3O3S/c8-5-3-4-1-2-11-7(4)9-6(5)10;2-1(3,4)8(5,6)7/h3H,1-2H2,(H,9,10);(H,5,6,7). The van der Waals surface area contributed by atoms with E-state index in [1.54, 1.807) is 11.8 Å². The maximum Gasteiger partial charge on any atom is 0.522 e. The number of thioether (sulfide) groups is 1. The summed E-state index contributed by atoms with van der Waals surface area (Å²) in [5.41, 5.74) is -5.22. The summed E-state index contributed by atoms with van der Waals surface area (Å²) in [6.07, 6.45) is 0.855. The van der Waals surface area contributed by atoms with Gasteiger partial charge in [-0.2, -0.15) is 21.6 Å². The number of alkyl halides is 3. The van der Waals surface area contributed by atoms with Gasteiger partial charge in [0.1, 0.15) is 0 Å². The second-order valence-corrected chi connectivity index (χ2v) is 5.84. The molecule has 11 heteroatoms. The van der Waals surface area contributed by atoms with Gasteiger partial charge in [-0.1, -0.05) is 0 Å². The summed E-state index contributed by atoms with van der Waals surface area (Å²) in [6.45, 7) is 0. The molecule has 0 aromatic carbocycles. The summed E-state index contributed by atoms with van der Waals surface area (Å²) < 4.78 is 70.2. The Morgan fingerprint density at radius 3 is 2.37 bits per heavy atom. The van der Waals surface area contributed by atoms with Gasteiger partial charge in [-0.15, -0.1) is 11.8 Å². The van der Waals surface area contributed by atoms with Crippen molar-refractivity contribution in [3.8, 4) is 0 Å². The lowest BCUT2D eigenvalue weighted by Gasteiger charge is -1.97. The zero-order chi connectivity index (χ0) is 14.8. The molecule has 0 saturated carbocycles. The molecule has 0 unspecified atom stereocenters. The van der Waals surface area contributed by atoms with Gasteiger partial charge >= 0.3 is 15.6 Å². The van der Waals surface area contributed by atoms with E-state index < -0.39 is 27.0 Å². The molecular formula is C8H7F4NO4S2. The Kier molecular flexibility index (Phi) is 4.63. The number of H-pyrrole nitrogens is 1. The van der Waals surface area contributed by atoms with Crippen LogP contribution in [-0.4, -0.2) is 29.2 Å². The monoisotopic (exact) mass is 321 g/mol. The van der Waals surface area contributed by atoms with E-state index in [-0.39, 0.29) is 0 Å². The lowest BCUT2D eigenvalue weighted by atomic mass is 10.2. The van der Waals surface area contributed by atoms with Crippen molar-refractivity contribution in [2.45, 2.75) is 17.0 Å². The van der Waals surface area contributed by atoms with Gasteiger partial charge in [-0.25, -0.2) is 4.39 Å². The van der Waals surface area contributed by atoms with Crippen LogP contribution in [0.4, 0.5) is 17.6 Å². The number of aryl methyl sites for hydroxylation is 1. The minimum absolute atomic E-state index is 0.613. The predicted molar refractivity (Wildman–Crippen MR) is 59.1 cm³/mol. The van der Waals surface area contributed by atoms with Crippen molar-refractivity contribution in [2.75, 3.05) is 5.75 Å². The van der Waals surface area contributed by atoms with Gasteiger partial charge < -0.3 is 4.98 Å². The van der Waals surface area contributed by atoms with Crippen molar-refractivity contribution in [1.82, 2.24) is 4.98 Å². The van der Waals surface area contributed by atoms with Crippen LogP contribution >= 0.6 is 11.8 Å². The number of pyridine rings is 1. The minimum atomic E-state index is -5.84. The molecule has 2 N–H and O–H groups in total. The van der Waals surface area contributed by atoms with Gasteiger partial charge in [0.25, 0.3) is 5.56 Å². The molecule has 1 aromatic heterocycles. The molecule has 0 spiro atoms. The number of rotatable bonds is 0. The SMILES string of the molecule is O=S(=O)(O)C(F)(F)F.O=c1[nH]c2c(cc1F)CCS2. The molecular weight excluding hydrogens is 314 g/mol. The molecule has 108 valence electrons. The van der Waals surface area contributed by atoms with Crippen molar-refractivity contribution < 1.29 is 30.5 Å². The molecule has 2 heterocycles. The van der Waals surface area contributed by atoms with Gasteiger partial charge in [0.2, 0.25) is 0 Å². The van der Waals surface area contributed by atoms with Gasteiger partial charge in [-0.05, 0) is 18.1 Å². The third-order valence-electron chi connectivity index (χ3n) is 1.95. The smallest absolute Gasteiger partial charge is 0.314 e. The zero-order valence-electron chi connectivity index (χ0n) is 8.99. The first-order valence-electron chi connectivity index (χ1n) is 4.60. The van der Waals surface area contributed by atoms with Crippen molar-refractivity contribution in [1.29, 1.82) is 0 Å². The second-order valence-electron chi connectivity index (χ2n) is 3.32. The van der Waals surface area contributed by atoms with Crippen LogP contribution < -0.4 is 5.56 Å². The Bertz CT molecular complexity index is 623. The van der Waals surface area contributed by atoms with E-state index in [1.165, 1.54) is 6.07 Å². The Labute approximate surface area is 108 Å². The summed E-state index contributed by atoms with van der Waals surface area (Å²) in [5.74, 6) is 0.264. The highest BCUT2D eigenvalue weighted by atomic mass is 32.2. The summed E-state index contributed by atoms with van der Waals surface area (Å²) in [6, 6.07) is 1.33. The van der Waals surface area contributed by atoms with E-state index in [9.17, 15) is 22.4 Å². The van der Waals surface area contributed by atoms with Crippen LogP contribution in [-0.2, 0) is 16.5 Å². The maximum atomic E-state index is 12.6. The lowest BCUT2D eigenvalue weighted by molar-refractivity contribution is -0.0510. The van der Waals surface area contributed by atoms with Crippen LogP contribution in [0.3, 0.4) is 0 Å². The molecule has 1 aliphatic rings. The van der Waals surface area contributed by atoms with E-state index in [2.05, 4.69) is 4.98 Å². The molecule has 0 aliphatic carbocycles. The first kappa shape index (κ1) is 16.0. The van der Waals surface area contributed by atoms with Gasteiger partial charge in [0.15, 0.2) is 5.82 Å². The lowest BCUT2D eigenvalue weighted by Crippen LogP contribution is -2.21. The van der Waals surface area contributed by atoms with E-state index in [0.717, 1.165) is 22.8 Å². The molecule has 0 atom stereocenters. The highest BCUT2D eigenvalue weighted by Gasteiger charge is 2.44. The molecule has 0 amide bonds. The fourth-order valence-electron chi connectivity index (χ4n) is 1.10. The summed E-state index contributed by atoms with van der Waals surface area (Å²) >= 11 is 1.57. The summed E-state index contributed by atoms with van der Waals surface area (Å²) in [7, 11) is -5.84. The number of fused-ring (bicyclic) bond motifs is 1. The third-order valence-corrected chi connectivity index (χ3v) is 3.59. The highest BCUT2D eigenvalue weighted by Crippen LogP contribution is 2.27. The Morgan fingerprint density at radius 1 is 1.37 bits per heavy atom. The summed E-state index contributed by atoms with van der Waals surface area (Å²) in [4.78, 5) is 13.2. The second kappa shape index (κ2) is 5.51. The predicted octanol–water partition coefficient (Wildman–Crippen LogP) is 1.56. The molecule has 5 nitrogen and oxygen atoms in total. The first-order valence-corrected chi connectivity index (χ1v) is 7.03.